The molecule has 0 radical (unpaired) electrons. The highest BCUT2D eigenvalue weighted by Crippen LogP contribution is 2.10. The molecule has 0 saturated carbocycles. The van der Waals surface area contributed by atoms with Crippen LogP contribution in [0.4, 0.5) is 0 Å². The standard InChI is InChI=1S/C8H12O2S/c1-7(11-2)10-6-8-4-3-5-9-8/h3-5,7H,6H2,1-2H3. The highest BCUT2D eigenvalue weighted by molar-refractivity contribution is 7.99. The highest BCUT2D eigenvalue weighted by Gasteiger charge is 2.00. The molecule has 1 atom stereocenters. The van der Waals surface area contributed by atoms with Gasteiger partial charge in [-0.15, -0.1) is 11.8 Å². The normalized spacial score (nSPS) is 13.3. The Bertz CT molecular complexity index is 184. The van der Waals surface area contributed by atoms with E-state index in [4.69, 9.17) is 9.15 Å². The fourth-order valence-corrected chi connectivity index (χ4v) is 0.866. The summed E-state index contributed by atoms with van der Waals surface area (Å²) in [5.41, 5.74) is 0.236. The largest absolute Gasteiger partial charge is 0.467 e. The Kier molecular flexibility index (Phi) is 3.52. The van der Waals surface area contributed by atoms with E-state index < -0.39 is 0 Å². The summed E-state index contributed by atoms with van der Waals surface area (Å²) in [6.45, 7) is 2.59. The zero-order valence-electron chi connectivity index (χ0n) is 6.74. The van der Waals surface area contributed by atoms with Crippen LogP contribution in [-0.2, 0) is 11.3 Å². The van der Waals surface area contributed by atoms with Gasteiger partial charge in [0.1, 0.15) is 17.8 Å². The molecule has 0 aliphatic rings. The zero-order valence-corrected chi connectivity index (χ0v) is 7.56. The maximum Gasteiger partial charge on any atom is 0.129 e. The molecule has 62 valence electrons. The van der Waals surface area contributed by atoms with E-state index in [-0.39, 0.29) is 5.44 Å². The lowest BCUT2D eigenvalue weighted by Crippen LogP contribution is -2.01. The second kappa shape index (κ2) is 4.46. The summed E-state index contributed by atoms with van der Waals surface area (Å²) < 4.78 is 10.5. The van der Waals surface area contributed by atoms with Crippen LogP contribution >= 0.6 is 11.8 Å². The van der Waals surface area contributed by atoms with Crippen LogP contribution in [0.5, 0.6) is 0 Å². The molecule has 0 N–H and O–H groups in total. The molecule has 1 aromatic rings. The third-order valence-electron chi connectivity index (χ3n) is 1.37. The molecule has 0 bridgehead atoms. The molecule has 0 aliphatic heterocycles. The molecule has 0 spiro atoms. The third-order valence-corrected chi connectivity index (χ3v) is 2.17. The first-order chi connectivity index (χ1) is 5.33. The monoisotopic (exact) mass is 172 g/mol. The summed E-state index contributed by atoms with van der Waals surface area (Å²) in [5, 5.41) is 0. The first-order valence-corrected chi connectivity index (χ1v) is 4.78. The SMILES string of the molecule is CSC(C)OCc1ccco1. The van der Waals surface area contributed by atoms with Crippen molar-refractivity contribution in [1.82, 2.24) is 0 Å². The van der Waals surface area contributed by atoms with E-state index in [1.165, 1.54) is 0 Å². The van der Waals surface area contributed by atoms with Gasteiger partial charge in [-0.25, -0.2) is 0 Å². The average molecular weight is 172 g/mol. The molecule has 1 heterocycles. The van der Waals surface area contributed by atoms with Crippen LogP contribution in [0.2, 0.25) is 0 Å². The summed E-state index contributed by atoms with van der Waals surface area (Å²) in [7, 11) is 0. The fourth-order valence-electron chi connectivity index (χ4n) is 0.662. The van der Waals surface area contributed by atoms with Gasteiger partial charge in [0.25, 0.3) is 0 Å². The average Bonchev–Trinajstić information content (AvgIpc) is 2.52. The minimum atomic E-state index is 0.236. The summed E-state index contributed by atoms with van der Waals surface area (Å²) in [4.78, 5) is 0. The summed E-state index contributed by atoms with van der Waals surface area (Å²) in [5.74, 6) is 0.880. The lowest BCUT2D eigenvalue weighted by molar-refractivity contribution is 0.0964. The van der Waals surface area contributed by atoms with Gasteiger partial charge in [0, 0.05) is 0 Å². The van der Waals surface area contributed by atoms with E-state index >= 15 is 0 Å². The van der Waals surface area contributed by atoms with Crippen LogP contribution in [0.1, 0.15) is 12.7 Å². The Hall–Kier alpha value is -0.410. The minimum Gasteiger partial charge on any atom is -0.467 e. The van der Waals surface area contributed by atoms with Crippen molar-refractivity contribution >= 4 is 11.8 Å². The molecule has 1 aromatic heterocycles. The Labute approximate surface area is 70.9 Å². The Balaban J connectivity index is 2.23. The molecule has 0 amide bonds. The van der Waals surface area contributed by atoms with Gasteiger partial charge in [-0.3, -0.25) is 0 Å². The fraction of sp³-hybridized carbons (Fsp3) is 0.500. The van der Waals surface area contributed by atoms with Crippen molar-refractivity contribution in [3.05, 3.63) is 24.2 Å². The number of hydrogen-bond acceptors (Lipinski definition) is 3. The number of hydrogen-bond donors (Lipinski definition) is 0. The molecule has 1 rings (SSSR count). The Morgan fingerprint density at radius 3 is 3.09 bits per heavy atom. The van der Waals surface area contributed by atoms with Crippen molar-refractivity contribution in [3.63, 3.8) is 0 Å². The topological polar surface area (TPSA) is 22.4 Å². The maximum atomic E-state index is 5.40. The first-order valence-electron chi connectivity index (χ1n) is 3.49. The van der Waals surface area contributed by atoms with Crippen molar-refractivity contribution < 1.29 is 9.15 Å². The van der Waals surface area contributed by atoms with Crippen LogP contribution in [0.3, 0.4) is 0 Å². The van der Waals surface area contributed by atoms with E-state index in [0.717, 1.165) is 5.76 Å². The molecule has 0 aliphatic carbocycles. The second-order valence-corrected chi connectivity index (χ2v) is 3.33. The van der Waals surface area contributed by atoms with Gasteiger partial charge in [0.05, 0.1) is 6.26 Å². The van der Waals surface area contributed by atoms with Gasteiger partial charge in [-0.05, 0) is 25.3 Å². The zero-order chi connectivity index (χ0) is 8.10. The Morgan fingerprint density at radius 1 is 1.73 bits per heavy atom. The first kappa shape index (κ1) is 8.68. The molecule has 3 heteroatoms. The molecule has 0 saturated heterocycles. The van der Waals surface area contributed by atoms with Crippen LogP contribution in [0.15, 0.2) is 22.8 Å². The van der Waals surface area contributed by atoms with Crippen LogP contribution in [0, 0.1) is 0 Å². The third kappa shape index (κ3) is 2.99. The number of rotatable bonds is 4. The molecule has 2 nitrogen and oxygen atoms in total. The molecular weight excluding hydrogens is 160 g/mol. The lowest BCUT2D eigenvalue weighted by Gasteiger charge is -2.07. The molecular formula is C8H12O2S. The van der Waals surface area contributed by atoms with Crippen molar-refractivity contribution in [3.8, 4) is 0 Å². The smallest absolute Gasteiger partial charge is 0.129 e. The minimum absolute atomic E-state index is 0.236. The molecule has 11 heavy (non-hydrogen) atoms. The van der Waals surface area contributed by atoms with Gasteiger partial charge >= 0.3 is 0 Å². The van der Waals surface area contributed by atoms with Crippen LogP contribution < -0.4 is 0 Å². The van der Waals surface area contributed by atoms with Gasteiger partial charge in [-0.2, -0.15) is 0 Å². The number of ether oxygens (including phenoxy) is 1. The molecule has 0 aromatic carbocycles. The highest BCUT2D eigenvalue weighted by atomic mass is 32.2. The van der Waals surface area contributed by atoms with Crippen LogP contribution in [0.25, 0.3) is 0 Å². The van der Waals surface area contributed by atoms with Crippen molar-refractivity contribution in [1.29, 1.82) is 0 Å². The van der Waals surface area contributed by atoms with Gasteiger partial charge in [0.2, 0.25) is 0 Å². The summed E-state index contributed by atoms with van der Waals surface area (Å²) in [6, 6.07) is 3.77. The van der Waals surface area contributed by atoms with Crippen molar-refractivity contribution in [2.45, 2.75) is 19.0 Å². The second-order valence-electron chi connectivity index (χ2n) is 2.19. The molecule has 0 fully saturated rings. The Morgan fingerprint density at radius 2 is 2.55 bits per heavy atom. The predicted octanol–water partition coefficient (Wildman–Crippen LogP) is 2.51. The predicted molar refractivity (Wildman–Crippen MR) is 46.5 cm³/mol. The van der Waals surface area contributed by atoms with E-state index in [0.29, 0.717) is 6.61 Å². The van der Waals surface area contributed by atoms with Crippen molar-refractivity contribution in [2.24, 2.45) is 0 Å². The van der Waals surface area contributed by atoms with Crippen molar-refractivity contribution in [2.75, 3.05) is 6.26 Å². The van der Waals surface area contributed by atoms with Gasteiger partial charge in [-0.1, -0.05) is 0 Å². The number of furan rings is 1. The van der Waals surface area contributed by atoms with Gasteiger partial charge in [0.15, 0.2) is 0 Å². The molecule has 1 unspecified atom stereocenters. The summed E-state index contributed by atoms with van der Waals surface area (Å²) >= 11 is 1.68. The lowest BCUT2D eigenvalue weighted by atomic mass is 10.5. The van der Waals surface area contributed by atoms with E-state index in [9.17, 15) is 0 Å². The summed E-state index contributed by atoms with van der Waals surface area (Å²) in [6.07, 6.45) is 3.68. The van der Waals surface area contributed by atoms with E-state index in [1.807, 2.05) is 25.3 Å². The van der Waals surface area contributed by atoms with E-state index in [1.54, 1.807) is 18.0 Å². The maximum absolute atomic E-state index is 5.40. The quantitative estimate of drug-likeness (QED) is 0.651. The van der Waals surface area contributed by atoms with Crippen LogP contribution in [-0.4, -0.2) is 11.7 Å². The van der Waals surface area contributed by atoms with E-state index in [2.05, 4.69) is 0 Å². The van der Waals surface area contributed by atoms with Gasteiger partial charge < -0.3 is 9.15 Å². The number of thioether (sulfide) groups is 1.